The van der Waals surface area contributed by atoms with Crippen LogP contribution in [0, 0.1) is 0 Å². The lowest BCUT2D eigenvalue weighted by Crippen LogP contribution is -2.48. The Balaban J connectivity index is 1.32. The number of benzene rings is 2. The van der Waals surface area contributed by atoms with Gasteiger partial charge in [0.15, 0.2) is 0 Å². The summed E-state index contributed by atoms with van der Waals surface area (Å²) in [5, 5.41) is 2.92. The lowest BCUT2D eigenvalue weighted by atomic mass is 10.0. The molecule has 0 radical (unpaired) electrons. The molecule has 1 atom stereocenters. The zero-order valence-electron chi connectivity index (χ0n) is 21.2. The van der Waals surface area contributed by atoms with E-state index in [1.165, 1.54) is 7.11 Å². The molecule has 2 aliphatic rings. The zero-order chi connectivity index (χ0) is 26.2. The van der Waals surface area contributed by atoms with Crippen molar-refractivity contribution in [1.82, 2.24) is 9.47 Å². The van der Waals surface area contributed by atoms with Crippen LogP contribution in [-0.4, -0.2) is 48.2 Å². The van der Waals surface area contributed by atoms with E-state index in [2.05, 4.69) is 9.88 Å². The van der Waals surface area contributed by atoms with Gasteiger partial charge in [-0.05, 0) is 61.4 Å². The molecule has 0 saturated heterocycles. The van der Waals surface area contributed by atoms with Gasteiger partial charge in [0.1, 0.15) is 29.8 Å². The summed E-state index contributed by atoms with van der Waals surface area (Å²) >= 11 is 0. The summed E-state index contributed by atoms with van der Waals surface area (Å²) in [4.78, 5) is 31.0. The average Bonchev–Trinajstić information content (AvgIpc) is 3.41. The summed E-state index contributed by atoms with van der Waals surface area (Å²) in [5.41, 5.74) is 3.08. The van der Waals surface area contributed by atoms with Crippen LogP contribution in [0.4, 0.5) is 16.2 Å². The van der Waals surface area contributed by atoms with Gasteiger partial charge in [-0.25, -0.2) is 4.79 Å². The van der Waals surface area contributed by atoms with Crippen LogP contribution in [-0.2, 0) is 4.79 Å². The Hall–Kier alpha value is -4.66. The van der Waals surface area contributed by atoms with Gasteiger partial charge in [-0.15, -0.1) is 0 Å². The van der Waals surface area contributed by atoms with Crippen LogP contribution >= 0.6 is 0 Å². The molecule has 1 aliphatic carbocycles. The summed E-state index contributed by atoms with van der Waals surface area (Å²) < 4.78 is 18.6. The van der Waals surface area contributed by atoms with Gasteiger partial charge in [0, 0.05) is 18.3 Å². The molecule has 9 heteroatoms. The second-order valence-corrected chi connectivity index (χ2v) is 9.33. The maximum atomic E-state index is 14.1. The monoisotopic (exact) mass is 512 g/mol. The second-order valence-electron chi connectivity index (χ2n) is 9.33. The molecule has 9 nitrogen and oxygen atoms in total. The minimum atomic E-state index is -0.465. The molecule has 1 unspecified atom stereocenters. The quantitative estimate of drug-likeness (QED) is 0.367. The number of fused-ring (bicyclic) bond motifs is 3. The van der Waals surface area contributed by atoms with Gasteiger partial charge in [0.25, 0.3) is 0 Å². The molecular weight excluding hydrogens is 484 g/mol. The van der Waals surface area contributed by atoms with E-state index >= 15 is 0 Å². The highest BCUT2D eigenvalue weighted by atomic mass is 16.5. The summed E-state index contributed by atoms with van der Waals surface area (Å²) in [6, 6.07) is 19.8. The number of aromatic nitrogens is 1. The second kappa shape index (κ2) is 9.66. The van der Waals surface area contributed by atoms with Gasteiger partial charge >= 0.3 is 6.03 Å². The number of nitrogens with zero attached hydrogens (tertiary/aromatic N) is 3. The third-order valence-electron chi connectivity index (χ3n) is 7.01. The maximum absolute atomic E-state index is 14.1. The van der Waals surface area contributed by atoms with Crippen LogP contribution in [0.15, 0.2) is 83.6 Å². The van der Waals surface area contributed by atoms with Crippen molar-refractivity contribution in [2.24, 2.45) is 0 Å². The van der Waals surface area contributed by atoms with Crippen LogP contribution in [0.1, 0.15) is 30.3 Å². The molecule has 3 amide bonds. The molecule has 3 heterocycles. The summed E-state index contributed by atoms with van der Waals surface area (Å²) in [7, 11) is 3.10. The fourth-order valence-corrected chi connectivity index (χ4v) is 5.04. The largest absolute Gasteiger partial charge is 0.497 e. The molecule has 1 N–H and O–H groups in total. The molecular formula is C29H28N4O5. The maximum Gasteiger partial charge on any atom is 0.322 e. The van der Waals surface area contributed by atoms with Crippen LogP contribution in [0.3, 0.4) is 0 Å². The summed E-state index contributed by atoms with van der Waals surface area (Å²) in [5.74, 6) is 1.54. The van der Waals surface area contributed by atoms with Crippen molar-refractivity contribution >= 4 is 23.3 Å². The van der Waals surface area contributed by atoms with Crippen molar-refractivity contribution in [2.45, 2.75) is 24.9 Å². The smallest absolute Gasteiger partial charge is 0.322 e. The molecule has 0 bridgehead atoms. The Bertz CT molecular complexity index is 1470. The lowest BCUT2D eigenvalue weighted by molar-refractivity contribution is -0.119. The van der Waals surface area contributed by atoms with E-state index in [1.807, 2.05) is 54.7 Å². The van der Waals surface area contributed by atoms with Gasteiger partial charge in [-0.1, -0.05) is 12.1 Å². The third kappa shape index (κ3) is 4.15. The van der Waals surface area contributed by atoms with Gasteiger partial charge in [-0.3, -0.25) is 9.69 Å². The number of rotatable bonds is 7. The van der Waals surface area contributed by atoms with Gasteiger partial charge in [0.2, 0.25) is 5.91 Å². The summed E-state index contributed by atoms with van der Waals surface area (Å²) in [6.07, 6.45) is 5.29. The van der Waals surface area contributed by atoms with E-state index in [-0.39, 0.29) is 24.5 Å². The molecule has 1 fully saturated rings. The standard InChI is InChI=1S/C29H28N4O5/c1-36-20-13-14-21(26(17-20)37-2)30-29(35)32(19-11-12-19)18-27(34)33-23-8-4-3-7-22(23)31-15-5-9-24(31)28(33)25-10-6-16-38-25/h3-10,13-17,19,28H,11-12,18H2,1-2H3,(H,30,35). The highest BCUT2D eigenvalue weighted by molar-refractivity contribution is 6.01. The molecule has 2 aromatic carbocycles. The number of urea groups is 1. The summed E-state index contributed by atoms with van der Waals surface area (Å²) in [6.45, 7) is -0.0821. The average molecular weight is 513 g/mol. The Labute approximate surface area is 220 Å². The Morgan fingerprint density at radius 3 is 2.53 bits per heavy atom. The van der Waals surface area contributed by atoms with E-state index in [0.717, 1.165) is 29.9 Å². The number of furan rings is 1. The number of methoxy groups -OCH3 is 2. The number of ether oxygens (including phenoxy) is 2. The highest BCUT2D eigenvalue weighted by Gasteiger charge is 2.41. The van der Waals surface area contributed by atoms with Gasteiger partial charge in [-0.2, -0.15) is 0 Å². The van der Waals surface area contributed by atoms with Crippen LogP contribution in [0.25, 0.3) is 5.69 Å². The number of amides is 3. The minimum absolute atomic E-state index is 0.00542. The fourth-order valence-electron chi connectivity index (χ4n) is 5.04. The van der Waals surface area contributed by atoms with Crippen LogP contribution in [0.2, 0.25) is 0 Å². The fraction of sp³-hybridized carbons (Fsp3) is 0.241. The molecule has 4 aromatic rings. The zero-order valence-corrected chi connectivity index (χ0v) is 21.2. The first-order valence-electron chi connectivity index (χ1n) is 12.5. The molecule has 1 saturated carbocycles. The SMILES string of the molecule is COc1ccc(NC(=O)N(CC(=O)N2c3ccccc3-n3cccc3C2c2ccco2)C2CC2)c(OC)c1. The Morgan fingerprint density at radius 2 is 1.82 bits per heavy atom. The molecule has 194 valence electrons. The number of hydrogen-bond acceptors (Lipinski definition) is 5. The molecule has 38 heavy (non-hydrogen) atoms. The predicted octanol–water partition coefficient (Wildman–Crippen LogP) is 5.22. The topological polar surface area (TPSA) is 89.2 Å². The number of anilines is 2. The van der Waals surface area contributed by atoms with Crippen molar-refractivity contribution in [3.63, 3.8) is 0 Å². The molecule has 0 spiro atoms. The Kier molecular flexibility index (Phi) is 6.03. The first-order chi connectivity index (χ1) is 18.6. The molecule has 6 rings (SSSR count). The first-order valence-corrected chi connectivity index (χ1v) is 12.5. The third-order valence-corrected chi connectivity index (χ3v) is 7.01. The number of hydrogen-bond donors (Lipinski definition) is 1. The van der Waals surface area contributed by atoms with Crippen LogP contribution in [0.5, 0.6) is 11.5 Å². The van der Waals surface area contributed by atoms with E-state index in [4.69, 9.17) is 13.9 Å². The Morgan fingerprint density at radius 1 is 1.00 bits per heavy atom. The van der Waals surface area contributed by atoms with E-state index in [0.29, 0.717) is 22.9 Å². The molecule has 1 aliphatic heterocycles. The lowest BCUT2D eigenvalue weighted by Gasteiger charge is -2.38. The highest BCUT2D eigenvalue weighted by Crippen LogP contribution is 2.42. The van der Waals surface area contributed by atoms with Crippen molar-refractivity contribution in [3.05, 3.63) is 90.6 Å². The van der Waals surface area contributed by atoms with Crippen molar-refractivity contribution in [3.8, 4) is 17.2 Å². The van der Waals surface area contributed by atoms with Gasteiger partial charge < -0.3 is 28.7 Å². The van der Waals surface area contributed by atoms with Gasteiger partial charge in [0.05, 0.1) is 43.2 Å². The van der Waals surface area contributed by atoms with E-state index < -0.39 is 6.04 Å². The number of para-hydroxylation sites is 2. The van der Waals surface area contributed by atoms with E-state index in [9.17, 15) is 9.59 Å². The van der Waals surface area contributed by atoms with Crippen molar-refractivity contribution in [1.29, 1.82) is 0 Å². The first kappa shape index (κ1) is 23.7. The predicted molar refractivity (Wildman–Crippen MR) is 142 cm³/mol. The minimum Gasteiger partial charge on any atom is -0.497 e. The van der Waals surface area contributed by atoms with Crippen molar-refractivity contribution in [2.75, 3.05) is 31.0 Å². The molecule has 2 aromatic heterocycles. The number of carbonyl (C=O) groups is 2. The number of nitrogens with one attached hydrogen (secondary N) is 1. The number of carbonyl (C=O) groups excluding carboxylic acids is 2. The van der Waals surface area contributed by atoms with Crippen LogP contribution < -0.4 is 19.7 Å². The normalized spacial score (nSPS) is 15.8. The van der Waals surface area contributed by atoms with E-state index in [1.54, 1.807) is 41.4 Å². The van der Waals surface area contributed by atoms with Crippen molar-refractivity contribution < 1.29 is 23.5 Å².